The minimum absolute atomic E-state index is 0.139. The Kier molecular flexibility index (Phi) is 8.03. The molecule has 0 aliphatic carbocycles. The SMILES string of the molecule is CNc1ccc(Oc2ccnc3cc(OCCCN4CCC(OC)CC4)c(OC)cc23)c(F)c1. The highest BCUT2D eigenvalue weighted by Gasteiger charge is 2.18. The first-order valence-corrected chi connectivity index (χ1v) is 11.6. The number of pyridine rings is 1. The second-order valence-electron chi connectivity index (χ2n) is 8.31. The normalized spacial score (nSPS) is 14.8. The molecular formula is C26H32FN3O4. The molecule has 8 heteroatoms. The first-order valence-electron chi connectivity index (χ1n) is 11.6. The number of nitrogens with one attached hydrogen (secondary N) is 1. The van der Waals surface area contributed by atoms with Gasteiger partial charge in [0.05, 0.1) is 25.3 Å². The van der Waals surface area contributed by atoms with Gasteiger partial charge in [0, 0.05) is 63.2 Å². The predicted molar refractivity (Wildman–Crippen MR) is 131 cm³/mol. The van der Waals surface area contributed by atoms with E-state index >= 15 is 0 Å². The molecule has 0 atom stereocenters. The summed E-state index contributed by atoms with van der Waals surface area (Å²) in [5, 5.41) is 3.62. The number of likely N-dealkylation sites (tertiary alicyclic amines) is 1. The number of hydrogen-bond acceptors (Lipinski definition) is 7. The number of nitrogens with zero attached hydrogens (tertiary/aromatic N) is 2. The Labute approximate surface area is 199 Å². The van der Waals surface area contributed by atoms with Gasteiger partial charge in [-0.3, -0.25) is 4.98 Å². The zero-order valence-corrected chi connectivity index (χ0v) is 20.0. The first kappa shape index (κ1) is 24.0. The lowest BCUT2D eigenvalue weighted by Gasteiger charge is -2.31. The van der Waals surface area contributed by atoms with Gasteiger partial charge in [0.2, 0.25) is 0 Å². The lowest BCUT2D eigenvalue weighted by molar-refractivity contribution is 0.0398. The van der Waals surface area contributed by atoms with Crippen LogP contribution in [0.15, 0.2) is 42.6 Å². The van der Waals surface area contributed by atoms with Crippen LogP contribution < -0.4 is 19.5 Å². The standard InChI is InChI=1S/C26H32FN3O4/c1-28-18-5-6-24(21(27)15-18)34-23-7-10-29-22-17-26(25(32-3)16-20(22)23)33-14-4-11-30-12-8-19(31-2)9-13-30/h5-7,10,15-17,19,28H,4,8-9,11-14H2,1-3H3. The van der Waals surface area contributed by atoms with Crippen LogP contribution in [-0.4, -0.2) is 63.5 Å². The quantitative estimate of drug-likeness (QED) is 0.415. The molecule has 0 unspecified atom stereocenters. The largest absolute Gasteiger partial charge is 0.493 e. The Balaban J connectivity index is 1.43. The number of aromatic nitrogens is 1. The fourth-order valence-corrected chi connectivity index (χ4v) is 4.19. The number of piperidine rings is 1. The third-order valence-corrected chi connectivity index (χ3v) is 6.17. The molecule has 2 aromatic carbocycles. The van der Waals surface area contributed by atoms with Crippen LogP contribution in [0.25, 0.3) is 10.9 Å². The van der Waals surface area contributed by atoms with Crippen molar-refractivity contribution in [2.24, 2.45) is 0 Å². The summed E-state index contributed by atoms with van der Waals surface area (Å²) in [6, 6.07) is 10.1. The van der Waals surface area contributed by atoms with E-state index in [0.29, 0.717) is 46.5 Å². The summed E-state index contributed by atoms with van der Waals surface area (Å²) in [7, 11) is 5.12. The molecule has 3 aromatic rings. The van der Waals surface area contributed by atoms with E-state index < -0.39 is 5.82 Å². The van der Waals surface area contributed by atoms with Gasteiger partial charge in [-0.15, -0.1) is 0 Å². The van der Waals surface area contributed by atoms with Crippen LogP contribution in [0.1, 0.15) is 19.3 Å². The topological polar surface area (TPSA) is 65.1 Å². The summed E-state index contributed by atoms with van der Waals surface area (Å²) in [4.78, 5) is 6.90. The molecular weight excluding hydrogens is 437 g/mol. The molecule has 182 valence electrons. The molecule has 1 aromatic heterocycles. The van der Waals surface area contributed by atoms with E-state index in [1.54, 1.807) is 45.7 Å². The van der Waals surface area contributed by atoms with Gasteiger partial charge in [-0.2, -0.15) is 0 Å². The van der Waals surface area contributed by atoms with Gasteiger partial charge in [-0.25, -0.2) is 4.39 Å². The van der Waals surface area contributed by atoms with E-state index in [4.69, 9.17) is 18.9 Å². The van der Waals surface area contributed by atoms with Gasteiger partial charge in [0.1, 0.15) is 5.75 Å². The lowest BCUT2D eigenvalue weighted by atomic mass is 10.1. The minimum Gasteiger partial charge on any atom is -0.493 e. The third-order valence-electron chi connectivity index (χ3n) is 6.17. The van der Waals surface area contributed by atoms with Crippen LogP contribution >= 0.6 is 0 Å². The highest BCUT2D eigenvalue weighted by molar-refractivity contribution is 5.88. The zero-order valence-electron chi connectivity index (χ0n) is 20.0. The number of methoxy groups -OCH3 is 2. The summed E-state index contributed by atoms with van der Waals surface area (Å²) in [5.41, 5.74) is 1.36. The maximum Gasteiger partial charge on any atom is 0.167 e. The maximum absolute atomic E-state index is 14.4. The summed E-state index contributed by atoms with van der Waals surface area (Å²) >= 11 is 0. The predicted octanol–water partition coefficient (Wildman–Crippen LogP) is 5.10. The van der Waals surface area contributed by atoms with Crippen molar-refractivity contribution in [3.05, 3.63) is 48.4 Å². The lowest BCUT2D eigenvalue weighted by Crippen LogP contribution is -2.37. The van der Waals surface area contributed by atoms with E-state index in [-0.39, 0.29) is 5.75 Å². The van der Waals surface area contributed by atoms with Gasteiger partial charge in [-0.1, -0.05) is 0 Å². The summed E-state index contributed by atoms with van der Waals surface area (Å²) in [5.74, 6) is 1.39. The molecule has 2 heterocycles. The number of ether oxygens (including phenoxy) is 4. The zero-order chi connectivity index (χ0) is 23.9. The molecule has 0 amide bonds. The van der Waals surface area contributed by atoms with Gasteiger partial charge < -0.3 is 29.2 Å². The molecule has 7 nitrogen and oxygen atoms in total. The Bertz CT molecular complexity index is 1100. The van der Waals surface area contributed by atoms with Gasteiger partial charge in [0.25, 0.3) is 0 Å². The number of rotatable bonds is 10. The fraction of sp³-hybridized carbons (Fsp3) is 0.423. The van der Waals surface area contributed by atoms with Crippen molar-refractivity contribution in [1.29, 1.82) is 0 Å². The van der Waals surface area contributed by atoms with E-state index in [0.717, 1.165) is 38.9 Å². The number of anilines is 1. The van der Waals surface area contributed by atoms with Crippen LogP contribution in [0.2, 0.25) is 0 Å². The summed E-state index contributed by atoms with van der Waals surface area (Å²) in [6.07, 6.45) is 5.10. The number of hydrogen-bond donors (Lipinski definition) is 1. The van der Waals surface area contributed by atoms with Gasteiger partial charge in [0.15, 0.2) is 23.1 Å². The van der Waals surface area contributed by atoms with Crippen molar-refractivity contribution in [3.63, 3.8) is 0 Å². The van der Waals surface area contributed by atoms with Crippen molar-refractivity contribution in [2.45, 2.75) is 25.4 Å². The second kappa shape index (κ2) is 11.4. The van der Waals surface area contributed by atoms with Crippen molar-refractivity contribution in [3.8, 4) is 23.0 Å². The second-order valence-corrected chi connectivity index (χ2v) is 8.31. The minimum atomic E-state index is -0.449. The molecule has 1 aliphatic rings. The molecule has 0 bridgehead atoms. The molecule has 1 aliphatic heterocycles. The molecule has 4 rings (SSSR count). The molecule has 1 fully saturated rings. The highest BCUT2D eigenvalue weighted by atomic mass is 19.1. The van der Waals surface area contributed by atoms with Crippen LogP contribution in [0, 0.1) is 5.82 Å². The van der Waals surface area contributed by atoms with Crippen LogP contribution in [-0.2, 0) is 4.74 Å². The molecule has 34 heavy (non-hydrogen) atoms. The monoisotopic (exact) mass is 469 g/mol. The molecule has 1 N–H and O–H groups in total. The van der Waals surface area contributed by atoms with E-state index in [1.807, 2.05) is 12.1 Å². The van der Waals surface area contributed by atoms with Crippen LogP contribution in [0.4, 0.5) is 10.1 Å². The Morgan fingerprint density at radius 3 is 2.56 bits per heavy atom. The summed E-state index contributed by atoms with van der Waals surface area (Å²) in [6.45, 7) is 3.68. The first-order chi connectivity index (χ1) is 16.6. The summed E-state index contributed by atoms with van der Waals surface area (Å²) < 4.78 is 37.4. The molecule has 0 saturated carbocycles. The van der Waals surface area contributed by atoms with Crippen molar-refractivity contribution >= 4 is 16.6 Å². The average molecular weight is 470 g/mol. The van der Waals surface area contributed by atoms with E-state index in [9.17, 15) is 4.39 Å². The Morgan fingerprint density at radius 2 is 1.85 bits per heavy atom. The van der Waals surface area contributed by atoms with E-state index in [2.05, 4.69) is 15.2 Å². The van der Waals surface area contributed by atoms with Crippen molar-refractivity contribution in [2.75, 3.05) is 52.8 Å². The number of benzene rings is 2. The third kappa shape index (κ3) is 5.69. The number of fused-ring (bicyclic) bond motifs is 1. The van der Waals surface area contributed by atoms with Crippen molar-refractivity contribution in [1.82, 2.24) is 9.88 Å². The van der Waals surface area contributed by atoms with E-state index in [1.165, 1.54) is 6.07 Å². The fourth-order valence-electron chi connectivity index (χ4n) is 4.19. The number of halogens is 1. The highest BCUT2D eigenvalue weighted by Crippen LogP contribution is 2.37. The van der Waals surface area contributed by atoms with Crippen molar-refractivity contribution < 1.29 is 23.3 Å². The maximum atomic E-state index is 14.4. The Hall–Kier alpha value is -3.10. The van der Waals surface area contributed by atoms with Gasteiger partial charge >= 0.3 is 0 Å². The average Bonchev–Trinajstić information content (AvgIpc) is 2.87. The van der Waals surface area contributed by atoms with Crippen LogP contribution in [0.3, 0.4) is 0 Å². The molecule has 0 spiro atoms. The van der Waals surface area contributed by atoms with Crippen LogP contribution in [0.5, 0.6) is 23.0 Å². The molecule has 0 radical (unpaired) electrons. The molecule has 1 saturated heterocycles. The smallest absolute Gasteiger partial charge is 0.167 e. The Morgan fingerprint density at radius 1 is 1.03 bits per heavy atom. The van der Waals surface area contributed by atoms with Gasteiger partial charge in [-0.05, 0) is 43.5 Å².